The second-order valence-electron chi connectivity index (χ2n) is 3.86. The molecule has 0 heterocycles. The van der Waals surface area contributed by atoms with Crippen molar-refractivity contribution in [3.8, 4) is 11.8 Å². The molecule has 1 aromatic carbocycles. The molecule has 0 saturated heterocycles. The van der Waals surface area contributed by atoms with Gasteiger partial charge in [-0.2, -0.15) is 5.26 Å². The number of rotatable bonds is 3. The number of amides is 1. The van der Waals surface area contributed by atoms with Crippen LogP contribution in [0.15, 0.2) is 18.2 Å². The molecule has 17 heavy (non-hydrogen) atoms. The van der Waals surface area contributed by atoms with Crippen molar-refractivity contribution in [1.29, 1.82) is 5.26 Å². The Morgan fingerprint density at radius 1 is 1.53 bits per heavy atom. The van der Waals surface area contributed by atoms with E-state index in [1.54, 1.807) is 33.2 Å². The number of likely N-dealkylation sites (N-methyl/N-ethyl adjacent to an activating group) is 1. The predicted octanol–water partition coefficient (Wildman–Crippen LogP) is 0.996. The van der Waals surface area contributed by atoms with Gasteiger partial charge in [-0.1, -0.05) is 0 Å². The molecule has 5 nitrogen and oxygen atoms in total. The van der Waals surface area contributed by atoms with Crippen LogP contribution in [0, 0.1) is 11.3 Å². The Morgan fingerprint density at radius 3 is 2.65 bits per heavy atom. The van der Waals surface area contributed by atoms with Crippen molar-refractivity contribution < 1.29 is 9.53 Å². The molecule has 0 saturated carbocycles. The highest BCUT2D eigenvalue weighted by atomic mass is 16.5. The van der Waals surface area contributed by atoms with E-state index in [1.165, 1.54) is 11.0 Å². The second-order valence-corrected chi connectivity index (χ2v) is 3.86. The number of nitriles is 1. The summed E-state index contributed by atoms with van der Waals surface area (Å²) in [6.45, 7) is 1.65. The van der Waals surface area contributed by atoms with E-state index in [9.17, 15) is 4.79 Å². The van der Waals surface area contributed by atoms with E-state index in [1.807, 2.05) is 6.07 Å². The van der Waals surface area contributed by atoms with Gasteiger partial charge >= 0.3 is 0 Å². The lowest BCUT2D eigenvalue weighted by molar-refractivity contribution is -0.135. The van der Waals surface area contributed by atoms with Gasteiger partial charge in [0.1, 0.15) is 5.75 Å². The zero-order chi connectivity index (χ0) is 13.0. The van der Waals surface area contributed by atoms with E-state index >= 15 is 0 Å². The summed E-state index contributed by atoms with van der Waals surface area (Å²) in [4.78, 5) is 13.0. The third-order valence-corrected chi connectivity index (χ3v) is 2.23. The number of nitrogen functional groups attached to an aromatic ring is 1. The Kier molecular flexibility index (Phi) is 3.94. The standard InChI is InChI=1S/C12H15N3O2/c1-8(12(16)15(2)3)17-11-5-4-9(7-13)6-10(11)14/h4-6,8H,14H2,1-3H3. The fourth-order valence-corrected chi connectivity index (χ4v) is 1.33. The summed E-state index contributed by atoms with van der Waals surface area (Å²) in [6, 6.07) is 6.68. The maximum absolute atomic E-state index is 11.6. The number of hydrogen-bond donors (Lipinski definition) is 1. The largest absolute Gasteiger partial charge is 0.479 e. The van der Waals surface area contributed by atoms with Gasteiger partial charge in [-0.25, -0.2) is 0 Å². The quantitative estimate of drug-likeness (QED) is 0.790. The highest BCUT2D eigenvalue weighted by Gasteiger charge is 2.17. The van der Waals surface area contributed by atoms with Crippen LogP contribution < -0.4 is 10.5 Å². The van der Waals surface area contributed by atoms with Crippen LogP contribution in [-0.4, -0.2) is 31.0 Å². The molecular formula is C12H15N3O2. The molecule has 2 N–H and O–H groups in total. The molecule has 1 amide bonds. The lowest BCUT2D eigenvalue weighted by Gasteiger charge is -2.19. The Hall–Kier alpha value is -2.22. The molecule has 1 aromatic rings. The lowest BCUT2D eigenvalue weighted by Crippen LogP contribution is -2.35. The summed E-state index contributed by atoms with van der Waals surface area (Å²) >= 11 is 0. The highest BCUT2D eigenvalue weighted by Crippen LogP contribution is 2.23. The maximum atomic E-state index is 11.6. The van der Waals surface area contributed by atoms with E-state index in [0.717, 1.165) is 0 Å². The van der Waals surface area contributed by atoms with Gasteiger partial charge in [0.15, 0.2) is 6.10 Å². The van der Waals surface area contributed by atoms with Crippen molar-refractivity contribution in [1.82, 2.24) is 4.90 Å². The smallest absolute Gasteiger partial charge is 0.262 e. The third kappa shape index (κ3) is 3.11. The van der Waals surface area contributed by atoms with Gasteiger partial charge in [0.25, 0.3) is 5.91 Å². The van der Waals surface area contributed by atoms with Gasteiger partial charge in [-0.05, 0) is 25.1 Å². The molecule has 0 aliphatic rings. The minimum Gasteiger partial charge on any atom is -0.479 e. The summed E-state index contributed by atoms with van der Waals surface area (Å²) in [6.07, 6.45) is -0.611. The van der Waals surface area contributed by atoms with Crippen molar-refractivity contribution in [3.63, 3.8) is 0 Å². The number of hydrogen-bond acceptors (Lipinski definition) is 4. The molecule has 5 heteroatoms. The molecule has 0 spiro atoms. The van der Waals surface area contributed by atoms with Gasteiger partial charge in [-0.15, -0.1) is 0 Å². The molecule has 1 rings (SSSR count). The van der Waals surface area contributed by atoms with Crippen LogP contribution in [0.2, 0.25) is 0 Å². The molecular weight excluding hydrogens is 218 g/mol. The van der Waals surface area contributed by atoms with Crippen LogP contribution in [0.4, 0.5) is 5.69 Å². The summed E-state index contributed by atoms with van der Waals surface area (Å²) < 4.78 is 5.44. The average molecular weight is 233 g/mol. The molecule has 0 aromatic heterocycles. The number of nitrogens with zero attached hydrogens (tertiary/aromatic N) is 2. The number of anilines is 1. The first-order valence-electron chi connectivity index (χ1n) is 5.13. The molecule has 0 bridgehead atoms. The average Bonchev–Trinajstić information content (AvgIpc) is 2.30. The van der Waals surface area contributed by atoms with E-state index < -0.39 is 6.10 Å². The third-order valence-electron chi connectivity index (χ3n) is 2.23. The van der Waals surface area contributed by atoms with Gasteiger partial charge in [0, 0.05) is 14.1 Å². The highest BCUT2D eigenvalue weighted by molar-refractivity contribution is 5.80. The van der Waals surface area contributed by atoms with Crippen molar-refractivity contribution >= 4 is 11.6 Å². The van der Waals surface area contributed by atoms with Crippen molar-refractivity contribution in [3.05, 3.63) is 23.8 Å². The predicted molar refractivity (Wildman–Crippen MR) is 64.4 cm³/mol. The van der Waals surface area contributed by atoms with Gasteiger partial charge in [0.2, 0.25) is 0 Å². The fourth-order valence-electron chi connectivity index (χ4n) is 1.33. The first-order chi connectivity index (χ1) is 7.95. The van der Waals surface area contributed by atoms with E-state index in [-0.39, 0.29) is 5.91 Å². The zero-order valence-corrected chi connectivity index (χ0v) is 10.1. The van der Waals surface area contributed by atoms with Crippen LogP contribution >= 0.6 is 0 Å². The Labute approximate surface area is 100 Å². The number of nitrogens with two attached hydrogens (primary N) is 1. The fraction of sp³-hybridized carbons (Fsp3) is 0.333. The van der Waals surface area contributed by atoms with Crippen molar-refractivity contribution in [2.45, 2.75) is 13.0 Å². The van der Waals surface area contributed by atoms with Crippen LogP contribution in [0.3, 0.4) is 0 Å². The molecule has 0 aliphatic heterocycles. The Balaban J connectivity index is 2.83. The number of benzene rings is 1. The summed E-state index contributed by atoms with van der Waals surface area (Å²) in [7, 11) is 3.31. The van der Waals surface area contributed by atoms with Crippen LogP contribution in [-0.2, 0) is 4.79 Å². The Morgan fingerprint density at radius 2 is 2.18 bits per heavy atom. The lowest BCUT2D eigenvalue weighted by atomic mass is 10.2. The first-order valence-corrected chi connectivity index (χ1v) is 5.13. The monoisotopic (exact) mass is 233 g/mol. The summed E-state index contributed by atoms with van der Waals surface area (Å²) in [5, 5.41) is 8.69. The van der Waals surface area contributed by atoms with Gasteiger partial charge < -0.3 is 15.4 Å². The Bertz CT molecular complexity index is 463. The second kappa shape index (κ2) is 5.21. The van der Waals surface area contributed by atoms with Crippen molar-refractivity contribution in [2.24, 2.45) is 0 Å². The van der Waals surface area contributed by atoms with Crippen molar-refractivity contribution in [2.75, 3.05) is 19.8 Å². The first kappa shape index (κ1) is 12.8. The SMILES string of the molecule is CC(Oc1ccc(C#N)cc1N)C(=O)N(C)C. The minimum atomic E-state index is -0.611. The topological polar surface area (TPSA) is 79.3 Å². The molecule has 0 aliphatic carbocycles. The molecule has 0 fully saturated rings. The summed E-state index contributed by atoms with van der Waals surface area (Å²) in [5.41, 5.74) is 6.53. The van der Waals surface area contributed by atoms with Gasteiger partial charge in [-0.3, -0.25) is 4.79 Å². The van der Waals surface area contributed by atoms with E-state index in [2.05, 4.69) is 0 Å². The molecule has 1 atom stereocenters. The minimum absolute atomic E-state index is 0.145. The number of ether oxygens (including phenoxy) is 1. The molecule has 0 radical (unpaired) electrons. The molecule has 1 unspecified atom stereocenters. The maximum Gasteiger partial charge on any atom is 0.262 e. The van der Waals surface area contributed by atoms with Crippen LogP contribution in [0.5, 0.6) is 5.75 Å². The van der Waals surface area contributed by atoms with Crippen LogP contribution in [0.25, 0.3) is 0 Å². The normalized spacial score (nSPS) is 11.4. The number of carbonyl (C=O) groups excluding carboxylic acids is 1. The van der Waals surface area contributed by atoms with Crippen LogP contribution in [0.1, 0.15) is 12.5 Å². The summed E-state index contributed by atoms with van der Waals surface area (Å²) in [5.74, 6) is 0.264. The number of carbonyl (C=O) groups is 1. The van der Waals surface area contributed by atoms with E-state index in [0.29, 0.717) is 17.0 Å². The van der Waals surface area contributed by atoms with E-state index in [4.69, 9.17) is 15.7 Å². The zero-order valence-electron chi connectivity index (χ0n) is 10.1. The van der Waals surface area contributed by atoms with Gasteiger partial charge in [0.05, 0.1) is 17.3 Å². The molecule has 90 valence electrons.